The molecule has 1 atom stereocenters. The summed E-state index contributed by atoms with van der Waals surface area (Å²) in [4.78, 5) is 0. The van der Waals surface area contributed by atoms with Gasteiger partial charge in [-0.05, 0) is 38.8 Å². The Hall–Kier alpha value is -1.06. The van der Waals surface area contributed by atoms with Crippen molar-refractivity contribution < 1.29 is 9.47 Å². The smallest absolute Gasteiger partial charge is 0.122 e. The Balaban J connectivity index is 2.19. The largest absolute Gasteiger partial charge is 0.496 e. The van der Waals surface area contributed by atoms with Gasteiger partial charge in [-0.3, -0.25) is 0 Å². The van der Waals surface area contributed by atoms with Gasteiger partial charge in [-0.1, -0.05) is 17.7 Å². The van der Waals surface area contributed by atoms with E-state index in [-0.39, 0.29) is 5.60 Å². The molecule has 1 saturated heterocycles. The van der Waals surface area contributed by atoms with E-state index in [2.05, 4.69) is 38.2 Å². The molecule has 1 unspecified atom stereocenters. The molecular formula is C15H23NO2. The predicted molar refractivity (Wildman–Crippen MR) is 73.3 cm³/mol. The summed E-state index contributed by atoms with van der Waals surface area (Å²) >= 11 is 0. The molecule has 0 aliphatic carbocycles. The van der Waals surface area contributed by atoms with Crippen LogP contribution in [0.25, 0.3) is 0 Å². The van der Waals surface area contributed by atoms with Crippen molar-refractivity contribution in [1.29, 1.82) is 0 Å². The van der Waals surface area contributed by atoms with E-state index in [1.807, 2.05) is 6.07 Å². The van der Waals surface area contributed by atoms with Crippen LogP contribution in [-0.4, -0.2) is 31.9 Å². The fourth-order valence-corrected chi connectivity index (χ4v) is 2.50. The molecule has 1 heterocycles. The van der Waals surface area contributed by atoms with Crippen LogP contribution < -0.4 is 10.1 Å². The van der Waals surface area contributed by atoms with Crippen LogP contribution in [-0.2, 0) is 11.2 Å². The van der Waals surface area contributed by atoms with Crippen molar-refractivity contribution >= 4 is 0 Å². The zero-order valence-electron chi connectivity index (χ0n) is 11.7. The van der Waals surface area contributed by atoms with Crippen LogP contribution in [0, 0.1) is 6.92 Å². The number of ether oxygens (including phenoxy) is 2. The third-order valence-electron chi connectivity index (χ3n) is 3.67. The summed E-state index contributed by atoms with van der Waals surface area (Å²) in [5.41, 5.74) is 2.38. The molecule has 0 radical (unpaired) electrons. The van der Waals surface area contributed by atoms with Crippen molar-refractivity contribution in [3.8, 4) is 5.75 Å². The Kier molecular flexibility index (Phi) is 3.93. The average molecular weight is 249 g/mol. The lowest BCUT2D eigenvalue weighted by atomic mass is 9.90. The van der Waals surface area contributed by atoms with Gasteiger partial charge in [0.05, 0.1) is 19.3 Å². The molecule has 0 aromatic heterocycles. The Morgan fingerprint density at radius 2 is 2.22 bits per heavy atom. The predicted octanol–water partition coefficient (Wildman–Crippen LogP) is 2.31. The highest BCUT2D eigenvalue weighted by Crippen LogP contribution is 2.26. The first-order valence-corrected chi connectivity index (χ1v) is 6.54. The summed E-state index contributed by atoms with van der Waals surface area (Å²) in [6.45, 7) is 8.10. The van der Waals surface area contributed by atoms with Crippen molar-refractivity contribution in [2.75, 3.05) is 20.3 Å². The van der Waals surface area contributed by atoms with Crippen molar-refractivity contribution in [2.24, 2.45) is 0 Å². The van der Waals surface area contributed by atoms with Gasteiger partial charge in [0.15, 0.2) is 0 Å². The summed E-state index contributed by atoms with van der Waals surface area (Å²) in [7, 11) is 1.73. The van der Waals surface area contributed by atoms with Gasteiger partial charge >= 0.3 is 0 Å². The first-order chi connectivity index (χ1) is 8.53. The molecule has 1 aromatic rings. The Labute approximate surface area is 109 Å². The second kappa shape index (κ2) is 5.29. The highest BCUT2D eigenvalue weighted by Gasteiger charge is 2.33. The van der Waals surface area contributed by atoms with Crippen molar-refractivity contribution in [3.63, 3.8) is 0 Å². The summed E-state index contributed by atoms with van der Waals surface area (Å²) in [5, 5.41) is 3.55. The van der Waals surface area contributed by atoms with E-state index in [0.717, 1.165) is 25.3 Å². The molecule has 3 nitrogen and oxygen atoms in total. The van der Waals surface area contributed by atoms with E-state index in [0.29, 0.717) is 6.04 Å². The first kappa shape index (κ1) is 13.4. The van der Waals surface area contributed by atoms with Crippen LogP contribution in [0.4, 0.5) is 0 Å². The fourth-order valence-electron chi connectivity index (χ4n) is 2.50. The number of methoxy groups -OCH3 is 1. The maximum absolute atomic E-state index is 5.85. The topological polar surface area (TPSA) is 30.5 Å². The van der Waals surface area contributed by atoms with Gasteiger partial charge in [-0.2, -0.15) is 0 Å². The minimum atomic E-state index is -0.132. The molecule has 1 aliphatic rings. The zero-order chi connectivity index (χ0) is 13.2. The summed E-state index contributed by atoms with van der Waals surface area (Å²) in [6, 6.07) is 6.65. The van der Waals surface area contributed by atoms with Gasteiger partial charge in [0.1, 0.15) is 5.75 Å². The van der Waals surface area contributed by atoms with Gasteiger partial charge in [0, 0.05) is 12.6 Å². The summed E-state index contributed by atoms with van der Waals surface area (Å²) in [5.74, 6) is 0.962. The van der Waals surface area contributed by atoms with Crippen molar-refractivity contribution in [1.82, 2.24) is 5.32 Å². The number of morpholine rings is 1. The molecule has 2 rings (SSSR count). The van der Waals surface area contributed by atoms with Crippen molar-refractivity contribution in [2.45, 2.75) is 38.8 Å². The number of nitrogens with one attached hydrogen (secondary N) is 1. The number of aryl methyl sites for hydroxylation is 1. The molecule has 100 valence electrons. The second-order valence-corrected chi connectivity index (χ2v) is 5.48. The standard InChI is InChI=1S/C15H23NO2/c1-11-5-6-13(17-4)12(9-11)10-14-15(2,3)18-8-7-16-14/h5-6,9,14,16H,7-8,10H2,1-4H3. The van der Waals surface area contributed by atoms with Gasteiger partial charge in [0.25, 0.3) is 0 Å². The van der Waals surface area contributed by atoms with E-state index in [9.17, 15) is 0 Å². The monoisotopic (exact) mass is 249 g/mol. The van der Waals surface area contributed by atoms with Gasteiger partial charge in [-0.25, -0.2) is 0 Å². The Morgan fingerprint density at radius 1 is 1.44 bits per heavy atom. The molecule has 3 heteroatoms. The second-order valence-electron chi connectivity index (χ2n) is 5.48. The number of hydrogen-bond acceptors (Lipinski definition) is 3. The summed E-state index contributed by atoms with van der Waals surface area (Å²) < 4.78 is 11.3. The molecule has 0 bridgehead atoms. The van der Waals surface area contributed by atoms with Crippen LogP contribution in [0.5, 0.6) is 5.75 Å². The lowest BCUT2D eigenvalue weighted by molar-refractivity contribution is -0.0707. The number of hydrogen-bond donors (Lipinski definition) is 1. The van der Waals surface area contributed by atoms with Crippen molar-refractivity contribution in [3.05, 3.63) is 29.3 Å². The molecule has 18 heavy (non-hydrogen) atoms. The molecule has 1 N–H and O–H groups in total. The maximum atomic E-state index is 5.85. The van der Waals surface area contributed by atoms with Gasteiger partial charge in [0.2, 0.25) is 0 Å². The molecule has 1 aliphatic heterocycles. The molecule has 0 saturated carbocycles. The Morgan fingerprint density at radius 3 is 2.89 bits per heavy atom. The minimum Gasteiger partial charge on any atom is -0.496 e. The minimum absolute atomic E-state index is 0.132. The SMILES string of the molecule is COc1ccc(C)cc1CC1NCCOC1(C)C. The van der Waals surface area contributed by atoms with E-state index < -0.39 is 0 Å². The number of benzene rings is 1. The molecule has 0 amide bonds. The Bertz CT molecular complexity index is 415. The van der Waals surface area contributed by atoms with E-state index in [4.69, 9.17) is 9.47 Å². The fraction of sp³-hybridized carbons (Fsp3) is 0.600. The average Bonchev–Trinajstić information content (AvgIpc) is 2.32. The van der Waals surface area contributed by atoms with Crippen LogP contribution in [0.3, 0.4) is 0 Å². The van der Waals surface area contributed by atoms with Gasteiger partial charge in [-0.15, -0.1) is 0 Å². The first-order valence-electron chi connectivity index (χ1n) is 6.54. The molecule has 1 aromatic carbocycles. The quantitative estimate of drug-likeness (QED) is 0.891. The third kappa shape index (κ3) is 2.85. The van der Waals surface area contributed by atoms with Crippen LogP contribution in [0.1, 0.15) is 25.0 Å². The lowest BCUT2D eigenvalue weighted by Crippen LogP contribution is -2.55. The lowest BCUT2D eigenvalue weighted by Gasteiger charge is -2.39. The van der Waals surface area contributed by atoms with E-state index >= 15 is 0 Å². The molecule has 0 spiro atoms. The van der Waals surface area contributed by atoms with Crippen LogP contribution >= 0.6 is 0 Å². The number of rotatable bonds is 3. The van der Waals surface area contributed by atoms with E-state index in [1.165, 1.54) is 11.1 Å². The summed E-state index contributed by atoms with van der Waals surface area (Å²) in [6.07, 6.45) is 0.928. The van der Waals surface area contributed by atoms with Gasteiger partial charge < -0.3 is 14.8 Å². The molecular weight excluding hydrogens is 226 g/mol. The van der Waals surface area contributed by atoms with Crippen LogP contribution in [0.2, 0.25) is 0 Å². The molecule has 1 fully saturated rings. The van der Waals surface area contributed by atoms with E-state index in [1.54, 1.807) is 7.11 Å². The highest BCUT2D eigenvalue weighted by atomic mass is 16.5. The normalized spacial score (nSPS) is 22.8. The third-order valence-corrected chi connectivity index (χ3v) is 3.67. The maximum Gasteiger partial charge on any atom is 0.122 e. The highest BCUT2D eigenvalue weighted by molar-refractivity contribution is 5.37. The van der Waals surface area contributed by atoms with Crippen LogP contribution in [0.15, 0.2) is 18.2 Å². The zero-order valence-corrected chi connectivity index (χ0v) is 11.7.